The highest BCUT2D eigenvalue weighted by atomic mass is 79.9. The third-order valence-electron chi connectivity index (χ3n) is 3.66. The van der Waals surface area contributed by atoms with Gasteiger partial charge in [0.05, 0.1) is 0 Å². The molecule has 0 N–H and O–H groups in total. The van der Waals surface area contributed by atoms with Crippen molar-refractivity contribution in [2.24, 2.45) is 0 Å². The van der Waals surface area contributed by atoms with Crippen molar-refractivity contribution >= 4 is 43.5 Å². The molecule has 2 aromatic rings. The zero-order valence-corrected chi connectivity index (χ0v) is 14.7. The van der Waals surface area contributed by atoms with Crippen LogP contribution in [-0.4, -0.2) is 36.1 Å². The quantitative estimate of drug-likeness (QED) is 0.724. The molecule has 1 aliphatic rings. The maximum Gasteiger partial charge on any atom is 0.225 e. The second kappa shape index (κ2) is 6.75. The van der Waals surface area contributed by atoms with E-state index < -0.39 is 0 Å². The summed E-state index contributed by atoms with van der Waals surface area (Å²) in [7, 11) is 0. The number of halogens is 2. The highest BCUT2D eigenvalue weighted by Crippen LogP contribution is 2.26. The number of piperazine rings is 1. The van der Waals surface area contributed by atoms with E-state index in [9.17, 15) is 0 Å². The maximum absolute atomic E-state index is 4.32. The molecule has 1 aromatic carbocycles. The maximum atomic E-state index is 4.32. The number of alkyl halides is 1. The zero-order valence-electron chi connectivity index (χ0n) is 11.5. The molecule has 1 aliphatic heterocycles. The molecule has 21 heavy (non-hydrogen) atoms. The fourth-order valence-corrected chi connectivity index (χ4v) is 3.83. The molecule has 0 spiro atoms. The van der Waals surface area contributed by atoms with E-state index >= 15 is 0 Å². The van der Waals surface area contributed by atoms with E-state index in [1.54, 1.807) is 12.4 Å². The van der Waals surface area contributed by atoms with Crippen molar-refractivity contribution in [3.63, 3.8) is 0 Å². The summed E-state index contributed by atoms with van der Waals surface area (Å²) in [6, 6.07) is 8.41. The lowest BCUT2D eigenvalue weighted by molar-refractivity contribution is 0.640. The number of aromatic nitrogens is 2. The summed E-state index contributed by atoms with van der Waals surface area (Å²) >= 11 is 7.13. The molecule has 0 radical (unpaired) electrons. The van der Waals surface area contributed by atoms with Crippen molar-refractivity contribution in [3.8, 4) is 0 Å². The van der Waals surface area contributed by atoms with Crippen LogP contribution in [0.3, 0.4) is 0 Å². The van der Waals surface area contributed by atoms with Crippen LogP contribution in [-0.2, 0) is 5.33 Å². The average Bonchev–Trinajstić information content (AvgIpc) is 2.56. The van der Waals surface area contributed by atoms with Crippen molar-refractivity contribution in [2.75, 3.05) is 36.0 Å². The molecule has 0 aliphatic carbocycles. The number of hydrogen-bond acceptors (Lipinski definition) is 4. The first-order valence-corrected chi connectivity index (χ1v) is 8.80. The second-order valence-electron chi connectivity index (χ2n) is 4.93. The van der Waals surface area contributed by atoms with Gasteiger partial charge >= 0.3 is 0 Å². The third-order valence-corrected chi connectivity index (χ3v) is 5.00. The fourth-order valence-electron chi connectivity index (χ4n) is 2.46. The van der Waals surface area contributed by atoms with E-state index in [4.69, 9.17) is 0 Å². The van der Waals surface area contributed by atoms with Crippen LogP contribution < -0.4 is 9.80 Å². The van der Waals surface area contributed by atoms with Crippen LogP contribution in [0.2, 0.25) is 0 Å². The third kappa shape index (κ3) is 3.37. The number of benzene rings is 1. The molecule has 3 rings (SSSR count). The number of hydrogen-bond donors (Lipinski definition) is 0. The highest BCUT2D eigenvalue weighted by molar-refractivity contribution is 9.10. The van der Waals surface area contributed by atoms with Crippen LogP contribution in [0, 0.1) is 0 Å². The van der Waals surface area contributed by atoms with Gasteiger partial charge < -0.3 is 9.80 Å². The van der Waals surface area contributed by atoms with Gasteiger partial charge in [-0.25, -0.2) is 9.97 Å². The molecule has 0 unspecified atom stereocenters. The minimum Gasteiger partial charge on any atom is -0.368 e. The molecule has 1 saturated heterocycles. The number of nitrogens with zero attached hydrogens (tertiary/aromatic N) is 4. The Balaban J connectivity index is 1.67. The van der Waals surface area contributed by atoms with Crippen LogP contribution >= 0.6 is 31.9 Å². The first-order chi connectivity index (χ1) is 10.3. The monoisotopic (exact) mass is 410 g/mol. The first-order valence-electron chi connectivity index (χ1n) is 6.89. The summed E-state index contributed by atoms with van der Waals surface area (Å²) in [6.07, 6.45) is 3.59. The van der Waals surface area contributed by atoms with Gasteiger partial charge in [0.1, 0.15) is 0 Å². The van der Waals surface area contributed by atoms with Crippen molar-refractivity contribution < 1.29 is 0 Å². The van der Waals surface area contributed by atoms with Gasteiger partial charge in [-0.15, -0.1) is 0 Å². The molecule has 0 bridgehead atoms. The largest absolute Gasteiger partial charge is 0.368 e. The van der Waals surface area contributed by atoms with Gasteiger partial charge in [-0.2, -0.15) is 0 Å². The predicted molar refractivity (Wildman–Crippen MR) is 93.2 cm³/mol. The summed E-state index contributed by atoms with van der Waals surface area (Å²) in [4.78, 5) is 13.3. The van der Waals surface area contributed by atoms with E-state index in [1.807, 2.05) is 6.07 Å². The van der Waals surface area contributed by atoms with E-state index in [0.717, 1.165) is 41.9 Å². The Kier molecular flexibility index (Phi) is 4.75. The van der Waals surface area contributed by atoms with Gasteiger partial charge in [-0.05, 0) is 23.8 Å². The van der Waals surface area contributed by atoms with Crippen molar-refractivity contribution in [1.82, 2.24) is 9.97 Å². The lowest BCUT2D eigenvalue weighted by Gasteiger charge is -2.36. The van der Waals surface area contributed by atoms with Crippen molar-refractivity contribution in [1.29, 1.82) is 0 Å². The van der Waals surface area contributed by atoms with Crippen LogP contribution in [0.1, 0.15) is 5.56 Å². The van der Waals surface area contributed by atoms with Gasteiger partial charge in [-0.3, -0.25) is 0 Å². The molecule has 6 heteroatoms. The van der Waals surface area contributed by atoms with Gasteiger partial charge in [0.25, 0.3) is 0 Å². The molecule has 0 atom stereocenters. The summed E-state index contributed by atoms with van der Waals surface area (Å²) in [5, 5.41) is 0.868. The van der Waals surface area contributed by atoms with Gasteiger partial charge in [0.15, 0.2) is 0 Å². The molecule has 1 aromatic heterocycles. The van der Waals surface area contributed by atoms with Crippen molar-refractivity contribution in [2.45, 2.75) is 5.33 Å². The van der Waals surface area contributed by atoms with Gasteiger partial charge in [0, 0.05) is 54.1 Å². The summed E-state index contributed by atoms with van der Waals surface area (Å²) in [5.74, 6) is 0.827. The number of rotatable bonds is 3. The second-order valence-corrected chi connectivity index (χ2v) is 6.35. The molecular weight excluding hydrogens is 396 g/mol. The van der Waals surface area contributed by atoms with Gasteiger partial charge in [0.2, 0.25) is 5.95 Å². The van der Waals surface area contributed by atoms with Crippen molar-refractivity contribution in [3.05, 3.63) is 46.7 Å². The van der Waals surface area contributed by atoms with E-state index in [1.165, 1.54) is 11.3 Å². The SMILES string of the molecule is BrCc1ccc(N2CCN(c3ncccn3)CC2)cc1Br. The molecular formula is C15H16Br2N4. The summed E-state index contributed by atoms with van der Waals surface area (Å²) < 4.78 is 1.16. The molecule has 0 saturated carbocycles. The first kappa shape index (κ1) is 14.8. The molecule has 0 amide bonds. The van der Waals surface area contributed by atoms with Gasteiger partial charge in [-0.1, -0.05) is 37.9 Å². The summed E-state index contributed by atoms with van der Waals surface area (Å²) in [5.41, 5.74) is 2.54. The standard InChI is InChI=1S/C15H16Br2N4/c16-11-12-2-3-13(10-14(12)17)20-6-8-21(9-7-20)15-18-4-1-5-19-15/h1-5,10H,6-9,11H2. The topological polar surface area (TPSA) is 32.3 Å². The lowest BCUT2D eigenvalue weighted by atomic mass is 10.2. The molecule has 2 heterocycles. The molecule has 110 valence electrons. The Labute approximate surface area is 141 Å². The fraction of sp³-hybridized carbons (Fsp3) is 0.333. The summed E-state index contributed by atoms with van der Waals surface area (Å²) in [6.45, 7) is 3.86. The predicted octanol–water partition coefficient (Wildman–Crippen LogP) is 3.46. The smallest absolute Gasteiger partial charge is 0.225 e. The Morgan fingerprint density at radius 1 is 1.00 bits per heavy atom. The lowest BCUT2D eigenvalue weighted by Crippen LogP contribution is -2.47. The minimum absolute atomic E-state index is 0.827. The minimum atomic E-state index is 0.827. The van der Waals surface area contributed by atoms with E-state index in [2.05, 4.69) is 69.8 Å². The average molecular weight is 412 g/mol. The van der Waals surface area contributed by atoms with Crippen LogP contribution in [0.5, 0.6) is 0 Å². The van der Waals surface area contributed by atoms with Crippen LogP contribution in [0.15, 0.2) is 41.1 Å². The van der Waals surface area contributed by atoms with E-state index in [-0.39, 0.29) is 0 Å². The highest BCUT2D eigenvalue weighted by Gasteiger charge is 2.19. The Morgan fingerprint density at radius 3 is 2.29 bits per heavy atom. The Bertz CT molecular complexity index is 598. The normalized spacial score (nSPS) is 15.3. The molecule has 1 fully saturated rings. The Hall–Kier alpha value is -1.14. The van der Waals surface area contributed by atoms with E-state index in [0.29, 0.717) is 0 Å². The van der Waals surface area contributed by atoms with Crippen LogP contribution in [0.25, 0.3) is 0 Å². The zero-order chi connectivity index (χ0) is 14.7. The molecule has 4 nitrogen and oxygen atoms in total. The Morgan fingerprint density at radius 2 is 1.67 bits per heavy atom. The number of anilines is 2. The van der Waals surface area contributed by atoms with Crippen LogP contribution in [0.4, 0.5) is 11.6 Å².